The minimum absolute atomic E-state index is 0.174. The first-order valence-electron chi connectivity index (χ1n) is 3.80. The molecule has 2 aliphatic carbocycles. The molecule has 0 heterocycles. The van der Waals surface area contributed by atoms with Crippen LogP contribution in [-0.4, -0.2) is 12.2 Å². The second-order valence-electron chi connectivity index (χ2n) is 2.60. The van der Waals surface area contributed by atoms with Gasteiger partial charge in [0.2, 0.25) is 0 Å². The van der Waals surface area contributed by atoms with Crippen LogP contribution < -0.4 is 0 Å². The molecule has 1 heteroatoms. The third-order valence-electron chi connectivity index (χ3n) is 1.74. The number of ether oxygens (including phenoxy) is 1. The molecule has 0 bridgehead atoms. The molecule has 0 fully saturated rings. The van der Waals surface area contributed by atoms with Gasteiger partial charge in [-0.25, -0.2) is 0 Å². The zero-order valence-corrected chi connectivity index (χ0v) is 6.18. The van der Waals surface area contributed by atoms with Crippen molar-refractivity contribution in [3.05, 3.63) is 48.6 Å². The van der Waals surface area contributed by atoms with E-state index in [1.54, 1.807) is 0 Å². The average molecular weight is 146 g/mol. The van der Waals surface area contributed by atoms with Gasteiger partial charge in [-0.1, -0.05) is 48.6 Å². The summed E-state index contributed by atoms with van der Waals surface area (Å²) in [5.41, 5.74) is 0. The van der Waals surface area contributed by atoms with Gasteiger partial charge in [0.15, 0.2) is 0 Å². The third kappa shape index (κ3) is 1.49. The third-order valence-corrected chi connectivity index (χ3v) is 1.74. The van der Waals surface area contributed by atoms with Crippen LogP contribution in [0.25, 0.3) is 0 Å². The summed E-state index contributed by atoms with van der Waals surface area (Å²) in [5, 5.41) is 0. The van der Waals surface area contributed by atoms with Gasteiger partial charge in [0.1, 0.15) is 0 Å². The Hall–Kier alpha value is -1.08. The first kappa shape index (κ1) is 6.62. The van der Waals surface area contributed by atoms with E-state index in [2.05, 4.69) is 0 Å². The molecule has 0 atom stereocenters. The molecule has 2 rings (SSSR count). The van der Waals surface area contributed by atoms with Crippen LogP contribution >= 0.6 is 0 Å². The number of rotatable bonds is 2. The molecule has 0 saturated heterocycles. The summed E-state index contributed by atoms with van der Waals surface area (Å²) in [6.07, 6.45) is 16.5. The largest absolute Gasteiger partial charge is 0.359 e. The van der Waals surface area contributed by atoms with Crippen molar-refractivity contribution in [2.75, 3.05) is 0 Å². The van der Waals surface area contributed by atoms with Crippen LogP contribution in [0.15, 0.2) is 48.6 Å². The lowest BCUT2D eigenvalue weighted by molar-refractivity contribution is 0.0991. The molecule has 0 radical (unpaired) electrons. The monoisotopic (exact) mass is 146 g/mol. The summed E-state index contributed by atoms with van der Waals surface area (Å²) in [5.74, 6) is 0. The highest BCUT2D eigenvalue weighted by molar-refractivity contribution is 5.23. The molecule has 0 aliphatic heterocycles. The first-order chi connectivity index (χ1) is 5.45. The van der Waals surface area contributed by atoms with Crippen molar-refractivity contribution in [1.29, 1.82) is 0 Å². The fraction of sp³-hybridized carbons (Fsp3) is 0.200. The minimum Gasteiger partial charge on any atom is -0.359 e. The maximum absolute atomic E-state index is 5.62. The molecule has 11 heavy (non-hydrogen) atoms. The predicted octanol–water partition coefficient (Wildman–Crippen LogP) is 1.99. The highest BCUT2D eigenvalue weighted by Gasteiger charge is 2.09. The Kier molecular flexibility index (Phi) is 1.74. The molecule has 0 aromatic rings. The Morgan fingerprint density at radius 2 is 1.00 bits per heavy atom. The van der Waals surface area contributed by atoms with Crippen molar-refractivity contribution >= 4 is 0 Å². The molecule has 56 valence electrons. The van der Waals surface area contributed by atoms with E-state index in [1.165, 1.54) is 0 Å². The van der Waals surface area contributed by atoms with Gasteiger partial charge in [-0.15, -0.1) is 0 Å². The normalized spacial score (nSPS) is 22.5. The topological polar surface area (TPSA) is 9.23 Å². The Morgan fingerprint density at radius 1 is 0.636 bits per heavy atom. The van der Waals surface area contributed by atoms with Gasteiger partial charge >= 0.3 is 0 Å². The Balaban J connectivity index is 1.90. The van der Waals surface area contributed by atoms with Crippen molar-refractivity contribution in [1.82, 2.24) is 0 Å². The molecule has 0 spiro atoms. The van der Waals surface area contributed by atoms with Crippen molar-refractivity contribution in [2.24, 2.45) is 0 Å². The maximum atomic E-state index is 5.62. The lowest BCUT2D eigenvalue weighted by Gasteiger charge is -2.11. The van der Waals surface area contributed by atoms with Gasteiger partial charge in [0, 0.05) is 0 Å². The zero-order chi connectivity index (χ0) is 7.52. The summed E-state index contributed by atoms with van der Waals surface area (Å²) in [6.45, 7) is 0. The lowest BCUT2D eigenvalue weighted by atomic mass is 10.3. The molecule has 0 aromatic carbocycles. The van der Waals surface area contributed by atoms with E-state index in [4.69, 9.17) is 4.74 Å². The van der Waals surface area contributed by atoms with Crippen LogP contribution in [0, 0.1) is 0 Å². The van der Waals surface area contributed by atoms with Gasteiger partial charge in [-0.2, -0.15) is 0 Å². The average Bonchev–Trinajstić information content (AvgIpc) is 2.60. The Morgan fingerprint density at radius 3 is 1.36 bits per heavy atom. The highest BCUT2D eigenvalue weighted by Crippen LogP contribution is 2.12. The molecular formula is C10H10O. The smallest absolute Gasteiger partial charge is 0.0956 e. The predicted molar refractivity (Wildman–Crippen MR) is 45.2 cm³/mol. The van der Waals surface area contributed by atoms with E-state index in [-0.39, 0.29) is 12.2 Å². The van der Waals surface area contributed by atoms with Gasteiger partial charge in [0.05, 0.1) is 12.2 Å². The van der Waals surface area contributed by atoms with E-state index in [9.17, 15) is 0 Å². The van der Waals surface area contributed by atoms with E-state index >= 15 is 0 Å². The van der Waals surface area contributed by atoms with Gasteiger partial charge in [-0.3, -0.25) is 0 Å². The van der Waals surface area contributed by atoms with Crippen LogP contribution in [0.3, 0.4) is 0 Å². The molecule has 1 nitrogen and oxygen atoms in total. The number of hydrogen-bond acceptors (Lipinski definition) is 1. The summed E-state index contributed by atoms with van der Waals surface area (Å²) >= 11 is 0. The van der Waals surface area contributed by atoms with E-state index < -0.39 is 0 Å². The number of allylic oxidation sites excluding steroid dienone is 4. The van der Waals surface area contributed by atoms with E-state index in [0.717, 1.165) is 0 Å². The van der Waals surface area contributed by atoms with E-state index in [0.29, 0.717) is 0 Å². The quantitative estimate of drug-likeness (QED) is 0.579. The summed E-state index contributed by atoms with van der Waals surface area (Å²) in [4.78, 5) is 0. The summed E-state index contributed by atoms with van der Waals surface area (Å²) in [6, 6.07) is 0. The Labute approximate surface area is 66.4 Å². The SMILES string of the molecule is C1=CC(OC2C=CC=C2)C=C1. The molecule has 0 saturated carbocycles. The van der Waals surface area contributed by atoms with Crippen molar-refractivity contribution in [3.63, 3.8) is 0 Å². The van der Waals surface area contributed by atoms with Gasteiger partial charge in [0.25, 0.3) is 0 Å². The second-order valence-corrected chi connectivity index (χ2v) is 2.60. The molecule has 0 N–H and O–H groups in total. The summed E-state index contributed by atoms with van der Waals surface area (Å²) in [7, 11) is 0. The van der Waals surface area contributed by atoms with Crippen LogP contribution in [0.2, 0.25) is 0 Å². The van der Waals surface area contributed by atoms with Crippen molar-refractivity contribution in [2.45, 2.75) is 12.2 Å². The summed E-state index contributed by atoms with van der Waals surface area (Å²) < 4.78 is 5.62. The second kappa shape index (κ2) is 2.89. The molecule has 2 aliphatic rings. The van der Waals surface area contributed by atoms with Crippen LogP contribution in [0.1, 0.15) is 0 Å². The van der Waals surface area contributed by atoms with Crippen LogP contribution in [0.5, 0.6) is 0 Å². The van der Waals surface area contributed by atoms with Crippen LogP contribution in [-0.2, 0) is 4.74 Å². The molecule has 0 amide bonds. The van der Waals surface area contributed by atoms with Gasteiger partial charge in [-0.05, 0) is 0 Å². The van der Waals surface area contributed by atoms with Gasteiger partial charge < -0.3 is 4.74 Å². The fourth-order valence-corrected chi connectivity index (χ4v) is 1.19. The fourth-order valence-electron chi connectivity index (χ4n) is 1.19. The zero-order valence-electron chi connectivity index (χ0n) is 6.18. The Bertz CT molecular complexity index is 196. The number of hydrogen-bond donors (Lipinski definition) is 0. The highest BCUT2D eigenvalue weighted by atomic mass is 16.5. The maximum Gasteiger partial charge on any atom is 0.0956 e. The van der Waals surface area contributed by atoms with E-state index in [1.807, 2.05) is 48.6 Å². The standard InChI is InChI=1S/C10H10O/c1-2-6-9(5-1)11-10-7-3-4-8-10/h1-10H. The molecule has 0 aromatic heterocycles. The van der Waals surface area contributed by atoms with Crippen molar-refractivity contribution in [3.8, 4) is 0 Å². The minimum atomic E-state index is 0.174. The lowest BCUT2D eigenvalue weighted by Crippen LogP contribution is -2.12. The van der Waals surface area contributed by atoms with Crippen LogP contribution in [0.4, 0.5) is 0 Å². The first-order valence-corrected chi connectivity index (χ1v) is 3.80. The molecule has 0 unspecified atom stereocenters. The molecular weight excluding hydrogens is 136 g/mol. The van der Waals surface area contributed by atoms with Crippen molar-refractivity contribution < 1.29 is 4.74 Å².